The van der Waals surface area contributed by atoms with E-state index in [0.717, 1.165) is 15.2 Å². The Balaban J connectivity index is 1.71. The van der Waals surface area contributed by atoms with Crippen molar-refractivity contribution in [3.8, 4) is 0 Å². The SMILES string of the molecule is CN(C)C(=O)/C=C/CC[C@H](NC(O)OCCO)C(=O)Nc1cccn(Cc2nc3ccccc3s2)c1=O. The number of amides is 2. The van der Waals surface area contributed by atoms with Crippen molar-refractivity contribution in [2.45, 2.75) is 31.8 Å². The van der Waals surface area contributed by atoms with Crippen molar-refractivity contribution >= 4 is 39.1 Å². The average Bonchev–Trinajstić information content (AvgIpc) is 3.29. The molecule has 2 heterocycles. The number of allylic oxidation sites excluding steroid dienone is 1. The van der Waals surface area contributed by atoms with Crippen LogP contribution in [0.1, 0.15) is 17.8 Å². The molecule has 3 aromatic rings. The largest absolute Gasteiger partial charge is 0.394 e. The van der Waals surface area contributed by atoms with Crippen molar-refractivity contribution in [2.75, 3.05) is 32.6 Å². The van der Waals surface area contributed by atoms with Crippen LogP contribution in [-0.2, 0) is 20.9 Å². The molecule has 0 saturated carbocycles. The molecule has 11 nitrogen and oxygen atoms in total. The third-order valence-electron chi connectivity index (χ3n) is 5.27. The fourth-order valence-electron chi connectivity index (χ4n) is 3.38. The Morgan fingerprint density at radius 3 is 2.76 bits per heavy atom. The van der Waals surface area contributed by atoms with Gasteiger partial charge in [0, 0.05) is 20.3 Å². The first-order valence-electron chi connectivity index (χ1n) is 11.7. The maximum atomic E-state index is 13.1. The highest BCUT2D eigenvalue weighted by Gasteiger charge is 2.22. The van der Waals surface area contributed by atoms with E-state index in [0.29, 0.717) is 6.42 Å². The summed E-state index contributed by atoms with van der Waals surface area (Å²) in [6.45, 7) is -0.180. The predicted octanol–water partition coefficient (Wildman–Crippen LogP) is 1.11. The number of nitrogens with zero attached hydrogens (tertiary/aromatic N) is 3. The van der Waals surface area contributed by atoms with Crippen LogP contribution in [0.4, 0.5) is 5.69 Å². The van der Waals surface area contributed by atoms with Gasteiger partial charge < -0.3 is 29.7 Å². The Bertz CT molecular complexity index is 1250. The van der Waals surface area contributed by atoms with Crippen molar-refractivity contribution in [3.63, 3.8) is 0 Å². The van der Waals surface area contributed by atoms with Gasteiger partial charge in [-0.1, -0.05) is 18.2 Å². The third-order valence-corrected chi connectivity index (χ3v) is 6.29. The number of aliphatic hydroxyl groups is 2. The second kappa shape index (κ2) is 13.8. The summed E-state index contributed by atoms with van der Waals surface area (Å²) in [4.78, 5) is 43.8. The van der Waals surface area contributed by atoms with Gasteiger partial charge in [0.2, 0.25) is 18.2 Å². The molecule has 1 aromatic carbocycles. The molecule has 0 saturated heterocycles. The number of fused-ring (bicyclic) bond motifs is 1. The van der Waals surface area contributed by atoms with Crippen molar-refractivity contribution in [1.82, 2.24) is 19.8 Å². The monoisotopic (exact) mass is 529 g/mol. The number of carbonyl (C=O) groups excluding carboxylic acids is 2. The number of pyridine rings is 1. The molecular weight excluding hydrogens is 498 g/mol. The number of hydrogen-bond donors (Lipinski definition) is 4. The molecule has 0 spiro atoms. The van der Waals surface area contributed by atoms with Gasteiger partial charge in [0.15, 0.2) is 0 Å². The van der Waals surface area contributed by atoms with Crippen LogP contribution < -0.4 is 16.2 Å². The third kappa shape index (κ3) is 8.30. The second-order valence-electron chi connectivity index (χ2n) is 8.30. The van der Waals surface area contributed by atoms with Crippen LogP contribution in [0.15, 0.2) is 59.5 Å². The van der Waals surface area contributed by atoms with Crippen molar-refractivity contribution in [1.29, 1.82) is 0 Å². The summed E-state index contributed by atoms with van der Waals surface area (Å²) in [5.74, 6) is -0.757. The van der Waals surface area contributed by atoms with E-state index >= 15 is 0 Å². The second-order valence-corrected chi connectivity index (χ2v) is 9.41. The number of hydrogen-bond acceptors (Lipinski definition) is 9. The highest BCUT2D eigenvalue weighted by molar-refractivity contribution is 7.18. The van der Waals surface area contributed by atoms with Crippen LogP contribution in [0.5, 0.6) is 0 Å². The van der Waals surface area contributed by atoms with E-state index in [1.165, 1.54) is 32.9 Å². The van der Waals surface area contributed by atoms with Crippen LogP contribution in [-0.4, -0.2) is 76.2 Å². The first kappa shape index (κ1) is 28.2. The van der Waals surface area contributed by atoms with E-state index in [9.17, 15) is 19.5 Å². The molecule has 2 amide bonds. The zero-order chi connectivity index (χ0) is 26.8. The molecule has 0 aliphatic rings. The van der Waals surface area contributed by atoms with Gasteiger partial charge in [-0.15, -0.1) is 11.3 Å². The lowest BCUT2D eigenvalue weighted by molar-refractivity contribution is -0.141. The van der Waals surface area contributed by atoms with Gasteiger partial charge in [0.25, 0.3) is 5.56 Å². The van der Waals surface area contributed by atoms with Crippen molar-refractivity contribution < 1.29 is 24.5 Å². The fourth-order valence-corrected chi connectivity index (χ4v) is 4.35. The molecule has 1 unspecified atom stereocenters. The first-order valence-corrected chi connectivity index (χ1v) is 12.5. The highest BCUT2D eigenvalue weighted by atomic mass is 32.1. The first-order chi connectivity index (χ1) is 17.8. The van der Waals surface area contributed by atoms with Gasteiger partial charge >= 0.3 is 0 Å². The minimum absolute atomic E-state index is 0.0736. The Hall–Kier alpha value is -3.42. The number of benzene rings is 1. The van der Waals surface area contributed by atoms with Gasteiger partial charge in [0.1, 0.15) is 10.7 Å². The molecule has 37 heavy (non-hydrogen) atoms. The number of aliphatic hydroxyl groups excluding tert-OH is 2. The molecule has 4 N–H and O–H groups in total. The minimum atomic E-state index is -1.51. The number of rotatable bonds is 13. The summed E-state index contributed by atoms with van der Waals surface area (Å²) in [6.07, 6.45) is 3.67. The molecule has 0 radical (unpaired) electrons. The van der Waals surface area contributed by atoms with Crippen LogP contribution in [0.3, 0.4) is 0 Å². The summed E-state index contributed by atoms with van der Waals surface area (Å²) in [5.41, 5.74) is 0.532. The molecule has 0 fully saturated rings. The van der Waals surface area contributed by atoms with Gasteiger partial charge in [-0.2, -0.15) is 0 Å². The molecule has 198 valence electrons. The molecule has 2 atom stereocenters. The lowest BCUT2D eigenvalue weighted by Gasteiger charge is -2.21. The van der Waals surface area contributed by atoms with E-state index in [-0.39, 0.29) is 37.8 Å². The summed E-state index contributed by atoms with van der Waals surface area (Å²) >= 11 is 1.49. The van der Waals surface area contributed by atoms with Gasteiger partial charge in [-0.05, 0) is 43.2 Å². The smallest absolute Gasteiger partial charge is 0.274 e. The van der Waals surface area contributed by atoms with E-state index in [1.807, 2.05) is 24.3 Å². The Morgan fingerprint density at radius 2 is 2.03 bits per heavy atom. The molecule has 0 bridgehead atoms. The van der Waals surface area contributed by atoms with Crippen LogP contribution in [0.25, 0.3) is 10.2 Å². The summed E-state index contributed by atoms with van der Waals surface area (Å²) in [7, 11) is 3.26. The van der Waals surface area contributed by atoms with Crippen LogP contribution >= 0.6 is 11.3 Å². The van der Waals surface area contributed by atoms with Gasteiger partial charge in [-0.3, -0.25) is 19.7 Å². The number of likely N-dealkylation sites (N-methyl/N-ethyl adjacent to an activating group) is 1. The molecule has 2 aromatic heterocycles. The summed E-state index contributed by atoms with van der Waals surface area (Å²) in [5, 5.41) is 24.9. The number of carbonyl (C=O) groups is 2. The van der Waals surface area contributed by atoms with E-state index in [4.69, 9.17) is 9.84 Å². The molecule has 3 rings (SSSR count). The van der Waals surface area contributed by atoms with Crippen molar-refractivity contribution in [3.05, 3.63) is 70.1 Å². The zero-order valence-corrected chi connectivity index (χ0v) is 21.5. The number of anilines is 1. The number of ether oxygens (including phenoxy) is 1. The summed E-state index contributed by atoms with van der Waals surface area (Å²) < 4.78 is 7.48. The topological polar surface area (TPSA) is 146 Å². The minimum Gasteiger partial charge on any atom is -0.394 e. The Morgan fingerprint density at radius 1 is 1.24 bits per heavy atom. The Kier molecular flexibility index (Phi) is 10.5. The maximum Gasteiger partial charge on any atom is 0.274 e. The normalized spacial score (nSPS) is 13.1. The van der Waals surface area contributed by atoms with Crippen LogP contribution in [0.2, 0.25) is 0 Å². The van der Waals surface area contributed by atoms with Gasteiger partial charge in [-0.25, -0.2) is 4.98 Å². The molecular formula is C25H31N5O6S. The number of para-hydroxylation sites is 1. The summed E-state index contributed by atoms with van der Waals surface area (Å²) in [6, 6.07) is 9.91. The number of aromatic nitrogens is 2. The standard InChI is InChI=1S/C25H31N5O6S/c1-29(2)22(32)12-6-4-9-18(28-25(35)36-15-14-31)23(33)27-19-10-7-13-30(24(19)34)16-21-26-17-8-3-5-11-20(17)37-21/h3,5-8,10-13,18,25,28,31,35H,4,9,14-16H2,1-2H3,(H,27,33)/b12-6+/t18-,25?/m0/s1. The lowest BCUT2D eigenvalue weighted by atomic mass is 10.1. The van der Waals surface area contributed by atoms with E-state index in [2.05, 4.69) is 15.6 Å². The number of thiazole rings is 1. The average molecular weight is 530 g/mol. The molecule has 0 aliphatic heterocycles. The van der Waals surface area contributed by atoms with Crippen molar-refractivity contribution in [2.24, 2.45) is 0 Å². The Labute approximate surface area is 218 Å². The molecule has 0 aliphatic carbocycles. The zero-order valence-electron chi connectivity index (χ0n) is 20.7. The van der Waals surface area contributed by atoms with Crippen LogP contribution in [0, 0.1) is 0 Å². The highest BCUT2D eigenvalue weighted by Crippen LogP contribution is 2.22. The molecule has 12 heteroatoms. The van der Waals surface area contributed by atoms with E-state index < -0.39 is 23.9 Å². The fraction of sp³-hybridized carbons (Fsp3) is 0.360. The van der Waals surface area contributed by atoms with E-state index in [1.54, 1.807) is 32.4 Å². The quantitative estimate of drug-likeness (QED) is 0.190. The maximum absolute atomic E-state index is 13.1. The lowest BCUT2D eigenvalue weighted by Crippen LogP contribution is -2.47. The van der Waals surface area contributed by atoms with Gasteiger partial charge in [0.05, 0.1) is 36.0 Å². The number of nitrogens with one attached hydrogen (secondary N) is 2. The predicted molar refractivity (Wildman–Crippen MR) is 141 cm³/mol.